The van der Waals surface area contributed by atoms with Crippen molar-refractivity contribution in [1.29, 1.82) is 0 Å². The highest BCUT2D eigenvalue weighted by Gasteiger charge is 2.17. The number of amides is 2. The van der Waals surface area contributed by atoms with Gasteiger partial charge in [0.25, 0.3) is 0 Å². The Labute approximate surface area is 148 Å². The molecule has 0 saturated carbocycles. The fraction of sp³-hybridized carbons (Fsp3) is 0.368. The summed E-state index contributed by atoms with van der Waals surface area (Å²) in [6, 6.07) is 11.5. The summed E-state index contributed by atoms with van der Waals surface area (Å²) in [5.41, 5.74) is 3.42. The van der Waals surface area contributed by atoms with Crippen LogP contribution in [0, 0.1) is 13.8 Å². The summed E-state index contributed by atoms with van der Waals surface area (Å²) in [6.45, 7) is 7.04. The third-order valence-corrected chi connectivity index (χ3v) is 3.84. The number of hydrogen-bond acceptors (Lipinski definition) is 3. The molecule has 0 aliphatic rings. The first-order chi connectivity index (χ1) is 12.0. The number of ether oxygens (including phenoxy) is 1. The number of para-hydroxylation sites is 1. The molecule has 0 unspecified atom stereocenters. The molecular formula is C19H25N3O3. The number of nitrogens with one attached hydrogen (secondary N) is 2. The number of urea groups is 1. The average Bonchev–Trinajstić information content (AvgIpc) is 2.90. The number of nitrogens with zero attached hydrogens (tertiary/aromatic N) is 1. The molecule has 6 nitrogen and oxygen atoms in total. The SMILES string of the molecule is CCNC(=O)NCCCOC(=O)c1cc(C)n(-c2ccccc2)c1C. The third-order valence-electron chi connectivity index (χ3n) is 3.84. The van der Waals surface area contributed by atoms with Crippen LogP contribution >= 0.6 is 0 Å². The number of aromatic nitrogens is 1. The Bertz CT molecular complexity index is 723. The van der Waals surface area contributed by atoms with Crippen LogP contribution in [0.2, 0.25) is 0 Å². The summed E-state index contributed by atoms with van der Waals surface area (Å²) < 4.78 is 7.37. The topological polar surface area (TPSA) is 72.4 Å². The summed E-state index contributed by atoms with van der Waals surface area (Å²) in [5.74, 6) is -0.340. The normalized spacial score (nSPS) is 10.4. The summed E-state index contributed by atoms with van der Waals surface area (Å²) in [4.78, 5) is 23.6. The van der Waals surface area contributed by atoms with Gasteiger partial charge in [0.1, 0.15) is 0 Å². The van der Waals surface area contributed by atoms with E-state index < -0.39 is 0 Å². The van der Waals surface area contributed by atoms with Gasteiger partial charge in [-0.15, -0.1) is 0 Å². The molecule has 0 bridgehead atoms. The summed E-state index contributed by atoms with van der Waals surface area (Å²) in [6.07, 6.45) is 0.570. The minimum Gasteiger partial charge on any atom is -0.462 e. The Hall–Kier alpha value is -2.76. The molecule has 0 saturated heterocycles. The fourth-order valence-electron chi connectivity index (χ4n) is 2.68. The van der Waals surface area contributed by atoms with Crippen molar-refractivity contribution < 1.29 is 14.3 Å². The number of benzene rings is 1. The summed E-state index contributed by atoms with van der Waals surface area (Å²) in [7, 11) is 0. The molecule has 0 radical (unpaired) electrons. The minimum absolute atomic E-state index is 0.208. The zero-order valence-electron chi connectivity index (χ0n) is 15.0. The van der Waals surface area contributed by atoms with Crippen molar-refractivity contribution in [3.05, 3.63) is 53.3 Å². The van der Waals surface area contributed by atoms with Crippen LogP contribution in [-0.4, -0.2) is 36.3 Å². The first-order valence-electron chi connectivity index (χ1n) is 8.47. The lowest BCUT2D eigenvalue weighted by Gasteiger charge is -2.10. The third kappa shape index (κ3) is 4.86. The smallest absolute Gasteiger partial charge is 0.339 e. The molecule has 0 spiro atoms. The molecule has 1 aromatic carbocycles. The minimum atomic E-state index is -0.340. The van der Waals surface area contributed by atoms with Crippen molar-refractivity contribution in [3.8, 4) is 5.69 Å². The van der Waals surface area contributed by atoms with E-state index >= 15 is 0 Å². The van der Waals surface area contributed by atoms with Crippen LogP contribution in [0.3, 0.4) is 0 Å². The van der Waals surface area contributed by atoms with Crippen molar-refractivity contribution in [1.82, 2.24) is 15.2 Å². The summed E-state index contributed by atoms with van der Waals surface area (Å²) in [5, 5.41) is 5.34. The van der Waals surface area contributed by atoms with Crippen molar-refractivity contribution in [2.24, 2.45) is 0 Å². The predicted molar refractivity (Wildman–Crippen MR) is 97.2 cm³/mol. The van der Waals surface area contributed by atoms with Crippen LogP contribution in [0.4, 0.5) is 4.79 Å². The maximum absolute atomic E-state index is 12.3. The molecular weight excluding hydrogens is 318 g/mol. The van der Waals surface area contributed by atoms with Crippen LogP contribution in [-0.2, 0) is 4.74 Å². The van der Waals surface area contributed by atoms with Gasteiger partial charge in [-0.25, -0.2) is 9.59 Å². The average molecular weight is 343 g/mol. The molecule has 6 heteroatoms. The van der Waals surface area contributed by atoms with Crippen LogP contribution in [0.1, 0.15) is 35.1 Å². The molecule has 25 heavy (non-hydrogen) atoms. The number of carbonyl (C=O) groups is 2. The van der Waals surface area contributed by atoms with Crippen LogP contribution in [0.5, 0.6) is 0 Å². The Balaban J connectivity index is 1.91. The molecule has 0 fully saturated rings. The van der Waals surface area contributed by atoms with Crippen LogP contribution < -0.4 is 10.6 Å². The molecule has 0 atom stereocenters. The molecule has 2 N–H and O–H groups in total. The monoisotopic (exact) mass is 343 g/mol. The van der Waals surface area contributed by atoms with E-state index in [1.807, 2.05) is 61.7 Å². The van der Waals surface area contributed by atoms with E-state index in [4.69, 9.17) is 4.74 Å². The fourth-order valence-corrected chi connectivity index (χ4v) is 2.68. The maximum Gasteiger partial charge on any atom is 0.339 e. The van der Waals surface area contributed by atoms with Crippen molar-refractivity contribution in [3.63, 3.8) is 0 Å². The number of rotatable bonds is 7. The van der Waals surface area contributed by atoms with Crippen molar-refractivity contribution in [2.75, 3.05) is 19.7 Å². The maximum atomic E-state index is 12.3. The second-order valence-electron chi connectivity index (χ2n) is 5.73. The highest BCUT2D eigenvalue weighted by molar-refractivity contribution is 5.91. The molecule has 0 aliphatic carbocycles. The number of aryl methyl sites for hydroxylation is 1. The van der Waals surface area contributed by atoms with Gasteiger partial charge >= 0.3 is 12.0 Å². The molecule has 2 amide bonds. The van der Waals surface area contributed by atoms with E-state index in [9.17, 15) is 9.59 Å². The van der Waals surface area contributed by atoms with Crippen molar-refractivity contribution in [2.45, 2.75) is 27.2 Å². The second kappa shape index (κ2) is 8.92. The zero-order chi connectivity index (χ0) is 18.2. The quantitative estimate of drug-likeness (QED) is 0.600. The Morgan fingerprint density at radius 1 is 1.12 bits per heavy atom. The number of hydrogen-bond donors (Lipinski definition) is 2. The molecule has 0 aliphatic heterocycles. The van der Waals surface area contributed by atoms with Crippen molar-refractivity contribution >= 4 is 12.0 Å². The van der Waals surface area contributed by atoms with Crippen LogP contribution in [0.25, 0.3) is 5.69 Å². The number of esters is 1. The van der Waals surface area contributed by atoms with Gasteiger partial charge in [-0.1, -0.05) is 18.2 Å². The molecule has 1 aromatic heterocycles. The lowest BCUT2D eigenvalue weighted by atomic mass is 10.2. The molecule has 2 rings (SSSR count). The molecule has 2 aromatic rings. The predicted octanol–water partition coefficient (Wildman–Crippen LogP) is 2.96. The van der Waals surface area contributed by atoms with E-state index in [1.165, 1.54) is 0 Å². The second-order valence-corrected chi connectivity index (χ2v) is 5.73. The van der Waals surface area contributed by atoms with E-state index in [1.54, 1.807) is 0 Å². The largest absolute Gasteiger partial charge is 0.462 e. The van der Waals surface area contributed by atoms with Crippen LogP contribution in [0.15, 0.2) is 36.4 Å². The first kappa shape index (κ1) is 18.6. The highest BCUT2D eigenvalue weighted by Crippen LogP contribution is 2.21. The molecule has 1 heterocycles. The molecule has 134 valence electrons. The first-order valence-corrected chi connectivity index (χ1v) is 8.47. The Morgan fingerprint density at radius 3 is 2.52 bits per heavy atom. The van der Waals surface area contributed by atoms with E-state index in [-0.39, 0.29) is 18.6 Å². The van der Waals surface area contributed by atoms with Gasteiger partial charge in [-0.3, -0.25) is 0 Å². The van der Waals surface area contributed by atoms with Gasteiger partial charge in [0.2, 0.25) is 0 Å². The van der Waals surface area contributed by atoms with Gasteiger partial charge in [0.05, 0.1) is 12.2 Å². The summed E-state index contributed by atoms with van der Waals surface area (Å²) >= 11 is 0. The van der Waals surface area contributed by atoms with Gasteiger partial charge in [0, 0.05) is 30.2 Å². The highest BCUT2D eigenvalue weighted by atomic mass is 16.5. The van der Waals surface area contributed by atoms with Gasteiger partial charge in [-0.05, 0) is 45.4 Å². The zero-order valence-corrected chi connectivity index (χ0v) is 15.0. The van der Waals surface area contributed by atoms with E-state index in [0.29, 0.717) is 25.1 Å². The Kier molecular flexibility index (Phi) is 6.62. The van der Waals surface area contributed by atoms with Gasteiger partial charge < -0.3 is 19.9 Å². The number of carbonyl (C=O) groups excluding carboxylic acids is 2. The Morgan fingerprint density at radius 2 is 1.84 bits per heavy atom. The lowest BCUT2D eigenvalue weighted by molar-refractivity contribution is 0.0501. The van der Waals surface area contributed by atoms with E-state index in [0.717, 1.165) is 17.1 Å². The van der Waals surface area contributed by atoms with E-state index in [2.05, 4.69) is 10.6 Å². The lowest BCUT2D eigenvalue weighted by Crippen LogP contribution is -2.36. The van der Waals surface area contributed by atoms with Gasteiger partial charge in [0.15, 0.2) is 0 Å². The standard InChI is InChI=1S/C19H25N3O3/c1-4-20-19(24)21-11-8-12-25-18(23)17-13-14(2)22(15(17)3)16-9-6-5-7-10-16/h5-7,9-10,13H,4,8,11-12H2,1-3H3,(H2,20,21,24). The van der Waals surface area contributed by atoms with Gasteiger partial charge in [-0.2, -0.15) is 0 Å².